The van der Waals surface area contributed by atoms with E-state index in [1.807, 2.05) is 30.3 Å². The zero-order valence-corrected chi connectivity index (χ0v) is 9.10. The molecule has 0 bridgehead atoms. The van der Waals surface area contributed by atoms with Crippen LogP contribution in [0.5, 0.6) is 0 Å². The highest BCUT2D eigenvalue weighted by atomic mass is 16.2. The molecule has 2 nitrogen and oxygen atoms in total. The number of hydrogen-bond donors (Lipinski definition) is 0. The van der Waals surface area contributed by atoms with Crippen molar-refractivity contribution < 1.29 is 4.79 Å². The Morgan fingerprint density at radius 3 is 2.33 bits per heavy atom. The highest BCUT2D eigenvalue weighted by molar-refractivity contribution is 6.19. The molecule has 0 saturated carbocycles. The molecule has 0 fully saturated rings. The quantitative estimate of drug-likeness (QED) is 0.543. The fraction of sp³-hybridized carbons (Fsp3) is 0.154. The smallest absolute Gasteiger partial charge is 0.253 e. The van der Waals surface area contributed by atoms with Gasteiger partial charge in [0.15, 0.2) is 0 Å². The van der Waals surface area contributed by atoms with Crippen LogP contribution in [0.15, 0.2) is 49.1 Å². The van der Waals surface area contributed by atoms with Gasteiger partial charge in [0.1, 0.15) is 0 Å². The zero-order valence-electron chi connectivity index (χ0n) is 9.10. The van der Waals surface area contributed by atoms with Gasteiger partial charge in [0.25, 0.3) is 5.91 Å². The molecule has 0 aliphatic carbocycles. The van der Waals surface area contributed by atoms with Crippen LogP contribution < -0.4 is 0 Å². The van der Waals surface area contributed by atoms with E-state index in [0.717, 1.165) is 5.56 Å². The first-order valence-electron chi connectivity index (χ1n) is 4.76. The Bertz CT molecular complexity index is 377. The summed E-state index contributed by atoms with van der Waals surface area (Å²) in [5.41, 5.74) is 1.58. The molecule has 0 heterocycles. The summed E-state index contributed by atoms with van der Waals surface area (Å²) in [6, 6.07) is 9.58. The fourth-order valence-electron chi connectivity index (χ4n) is 1.27. The van der Waals surface area contributed by atoms with Crippen LogP contribution in [0, 0.1) is 0 Å². The third-order valence-electron chi connectivity index (χ3n) is 2.01. The van der Waals surface area contributed by atoms with Crippen molar-refractivity contribution in [2.45, 2.75) is 0 Å². The summed E-state index contributed by atoms with van der Waals surface area (Å²) in [5.74, 6) is -0.0129. The Labute approximate surface area is 90.5 Å². The van der Waals surface area contributed by atoms with Crippen molar-refractivity contribution in [2.24, 2.45) is 0 Å². The maximum atomic E-state index is 11.8. The van der Waals surface area contributed by atoms with Gasteiger partial charge in [-0.15, -0.1) is 0 Å². The van der Waals surface area contributed by atoms with Crippen molar-refractivity contribution in [2.75, 3.05) is 14.1 Å². The Morgan fingerprint density at radius 2 is 1.87 bits per heavy atom. The van der Waals surface area contributed by atoms with E-state index < -0.39 is 0 Å². The summed E-state index contributed by atoms with van der Waals surface area (Å²) in [6.45, 7) is 3.62. The molecule has 15 heavy (non-hydrogen) atoms. The Morgan fingerprint density at radius 1 is 1.27 bits per heavy atom. The van der Waals surface area contributed by atoms with Crippen LogP contribution in [-0.4, -0.2) is 24.9 Å². The number of carbonyl (C=O) groups excluding carboxylic acids is 1. The summed E-state index contributed by atoms with van der Waals surface area (Å²) < 4.78 is 0. The summed E-state index contributed by atoms with van der Waals surface area (Å²) in [5, 5.41) is 0. The van der Waals surface area contributed by atoms with Crippen molar-refractivity contribution in [3.05, 3.63) is 54.6 Å². The number of benzene rings is 1. The molecule has 0 unspecified atom stereocenters. The number of hydrogen-bond acceptors (Lipinski definition) is 1. The van der Waals surface area contributed by atoms with Crippen molar-refractivity contribution in [1.29, 1.82) is 0 Å². The van der Waals surface area contributed by atoms with E-state index in [4.69, 9.17) is 0 Å². The summed E-state index contributed by atoms with van der Waals surface area (Å²) in [7, 11) is 3.48. The average molecular weight is 201 g/mol. The third kappa shape index (κ3) is 2.81. The lowest BCUT2D eigenvalue weighted by molar-refractivity contribution is -0.122. The largest absolute Gasteiger partial charge is 0.345 e. The van der Waals surface area contributed by atoms with Crippen molar-refractivity contribution in [3.63, 3.8) is 0 Å². The van der Waals surface area contributed by atoms with E-state index >= 15 is 0 Å². The highest BCUT2D eigenvalue weighted by Gasteiger charge is 2.12. The first-order valence-corrected chi connectivity index (χ1v) is 4.76. The van der Waals surface area contributed by atoms with Gasteiger partial charge in [-0.25, -0.2) is 0 Å². The van der Waals surface area contributed by atoms with E-state index in [-0.39, 0.29) is 5.91 Å². The van der Waals surface area contributed by atoms with Gasteiger partial charge in [0, 0.05) is 19.7 Å². The van der Waals surface area contributed by atoms with Crippen molar-refractivity contribution >= 4 is 11.5 Å². The van der Waals surface area contributed by atoms with Gasteiger partial charge in [0.2, 0.25) is 0 Å². The number of carbonyl (C=O) groups is 1. The Kier molecular flexibility index (Phi) is 3.86. The van der Waals surface area contributed by atoms with Crippen molar-refractivity contribution in [3.8, 4) is 0 Å². The van der Waals surface area contributed by atoms with Gasteiger partial charge in [-0.3, -0.25) is 4.79 Å². The van der Waals surface area contributed by atoms with Crippen molar-refractivity contribution in [1.82, 2.24) is 4.90 Å². The maximum Gasteiger partial charge on any atom is 0.253 e. The number of amides is 1. The highest BCUT2D eigenvalue weighted by Crippen LogP contribution is 2.15. The minimum absolute atomic E-state index is 0.0129. The predicted molar refractivity (Wildman–Crippen MR) is 63.3 cm³/mol. The Hall–Kier alpha value is -1.83. The van der Waals surface area contributed by atoms with Crippen LogP contribution in [0.2, 0.25) is 0 Å². The first kappa shape index (κ1) is 11.2. The second-order valence-electron chi connectivity index (χ2n) is 3.38. The first-order chi connectivity index (χ1) is 7.16. The predicted octanol–water partition coefficient (Wildman–Crippen LogP) is 2.34. The molecule has 0 saturated heterocycles. The van der Waals surface area contributed by atoms with Gasteiger partial charge in [0.05, 0.1) is 0 Å². The molecule has 1 aromatic rings. The minimum atomic E-state index is -0.0129. The molecule has 0 N–H and O–H groups in total. The fourth-order valence-corrected chi connectivity index (χ4v) is 1.27. The third-order valence-corrected chi connectivity index (χ3v) is 2.01. The van der Waals surface area contributed by atoms with Gasteiger partial charge in [-0.2, -0.15) is 0 Å². The second kappa shape index (κ2) is 5.15. The van der Waals surface area contributed by atoms with Crippen LogP contribution in [-0.2, 0) is 4.79 Å². The van der Waals surface area contributed by atoms with E-state index in [9.17, 15) is 4.79 Å². The molecular formula is C13H15NO. The van der Waals surface area contributed by atoms with E-state index in [2.05, 4.69) is 6.58 Å². The topological polar surface area (TPSA) is 20.3 Å². The summed E-state index contributed by atoms with van der Waals surface area (Å²) in [4.78, 5) is 13.4. The van der Waals surface area contributed by atoms with Crippen LogP contribution >= 0.6 is 0 Å². The van der Waals surface area contributed by atoms with E-state index in [1.54, 1.807) is 31.1 Å². The lowest BCUT2D eigenvalue weighted by Crippen LogP contribution is -2.22. The number of rotatable bonds is 3. The number of likely N-dealkylation sites (N-methyl/N-ethyl adjacent to an activating group) is 1. The molecule has 1 aromatic carbocycles. The van der Waals surface area contributed by atoms with Gasteiger partial charge in [-0.1, -0.05) is 43.0 Å². The SMILES string of the molecule is C=C/C=C(\C(=O)N(C)C)c1ccccc1. The molecule has 2 heteroatoms. The molecule has 1 rings (SSSR count). The van der Waals surface area contributed by atoms with Crippen LogP contribution in [0.1, 0.15) is 5.56 Å². The van der Waals surface area contributed by atoms with Crippen LogP contribution in [0.3, 0.4) is 0 Å². The van der Waals surface area contributed by atoms with Gasteiger partial charge in [-0.05, 0) is 11.6 Å². The van der Waals surface area contributed by atoms with Gasteiger partial charge < -0.3 is 4.90 Å². The molecule has 0 spiro atoms. The summed E-state index contributed by atoms with van der Waals surface area (Å²) >= 11 is 0. The van der Waals surface area contributed by atoms with Gasteiger partial charge >= 0.3 is 0 Å². The average Bonchev–Trinajstić information content (AvgIpc) is 2.26. The molecule has 0 aliphatic heterocycles. The lowest BCUT2D eigenvalue weighted by Gasteiger charge is -2.13. The van der Waals surface area contributed by atoms with E-state index in [1.165, 1.54) is 0 Å². The molecular weight excluding hydrogens is 186 g/mol. The molecule has 1 amide bonds. The maximum absolute atomic E-state index is 11.8. The zero-order chi connectivity index (χ0) is 11.3. The van der Waals surface area contributed by atoms with Crippen LogP contribution in [0.4, 0.5) is 0 Å². The molecule has 0 aliphatic rings. The molecule has 78 valence electrons. The number of allylic oxidation sites excluding steroid dienone is 2. The number of nitrogens with zero attached hydrogens (tertiary/aromatic N) is 1. The molecule has 0 atom stereocenters. The summed E-state index contributed by atoms with van der Waals surface area (Å²) in [6.07, 6.45) is 3.36. The monoisotopic (exact) mass is 201 g/mol. The van der Waals surface area contributed by atoms with E-state index in [0.29, 0.717) is 5.57 Å². The Balaban J connectivity index is 3.10. The molecule has 0 aromatic heterocycles. The minimum Gasteiger partial charge on any atom is -0.345 e. The normalized spacial score (nSPS) is 10.9. The standard InChI is InChI=1S/C13H15NO/c1-4-8-12(13(15)14(2)3)11-9-6-5-7-10-11/h4-10H,1H2,2-3H3/b12-8-. The lowest BCUT2D eigenvalue weighted by atomic mass is 10.0. The second-order valence-corrected chi connectivity index (χ2v) is 3.38. The van der Waals surface area contributed by atoms with Crippen LogP contribution in [0.25, 0.3) is 5.57 Å². The molecule has 0 radical (unpaired) electrons.